The molecule has 1 amide bonds. The standard InChI is InChI=1S/C19H26N2O3/c1-3-21(4-2)13-9-5-8-12-20-18(22)16-14-15-10-6-7-11-17(15)24-19(16)23/h6-7,10-11,14H,3-5,8-9,12-13H2,1-2H3,(H,20,22). The van der Waals surface area contributed by atoms with Gasteiger partial charge in [-0.2, -0.15) is 0 Å². The van der Waals surface area contributed by atoms with E-state index in [1.165, 1.54) is 0 Å². The van der Waals surface area contributed by atoms with E-state index < -0.39 is 5.63 Å². The predicted molar refractivity (Wildman–Crippen MR) is 96.5 cm³/mol. The van der Waals surface area contributed by atoms with Crippen LogP contribution < -0.4 is 10.9 Å². The van der Waals surface area contributed by atoms with Crippen LogP contribution >= 0.6 is 0 Å². The van der Waals surface area contributed by atoms with Crippen LogP contribution in [-0.2, 0) is 0 Å². The molecule has 0 saturated carbocycles. The summed E-state index contributed by atoms with van der Waals surface area (Å²) >= 11 is 0. The molecule has 0 aliphatic heterocycles. The minimum absolute atomic E-state index is 0.0665. The molecule has 0 unspecified atom stereocenters. The largest absolute Gasteiger partial charge is 0.422 e. The molecule has 5 nitrogen and oxygen atoms in total. The van der Waals surface area contributed by atoms with Crippen LogP contribution in [-0.4, -0.2) is 37.0 Å². The Bertz CT molecular complexity index is 720. The molecule has 0 radical (unpaired) electrons. The number of benzene rings is 1. The molecule has 0 fully saturated rings. The fourth-order valence-electron chi connectivity index (χ4n) is 2.69. The maximum atomic E-state index is 12.2. The minimum Gasteiger partial charge on any atom is -0.422 e. The van der Waals surface area contributed by atoms with Gasteiger partial charge in [0.25, 0.3) is 5.91 Å². The van der Waals surface area contributed by atoms with Gasteiger partial charge in [-0.15, -0.1) is 0 Å². The molecule has 1 heterocycles. The Balaban J connectivity index is 1.81. The quantitative estimate of drug-likeness (QED) is 0.567. The molecule has 0 aliphatic rings. The number of carbonyl (C=O) groups is 1. The van der Waals surface area contributed by atoms with Crippen LogP contribution in [0, 0.1) is 0 Å². The van der Waals surface area contributed by atoms with Gasteiger partial charge < -0.3 is 14.6 Å². The molecule has 2 rings (SSSR count). The molecule has 0 bridgehead atoms. The molecule has 24 heavy (non-hydrogen) atoms. The van der Waals surface area contributed by atoms with Gasteiger partial charge in [0, 0.05) is 11.9 Å². The summed E-state index contributed by atoms with van der Waals surface area (Å²) < 4.78 is 5.19. The molecule has 5 heteroatoms. The summed E-state index contributed by atoms with van der Waals surface area (Å²) in [6.45, 7) is 8.15. The molecular weight excluding hydrogens is 304 g/mol. The zero-order chi connectivity index (χ0) is 17.4. The third-order valence-electron chi connectivity index (χ3n) is 4.22. The number of hydrogen-bond acceptors (Lipinski definition) is 4. The zero-order valence-electron chi connectivity index (χ0n) is 14.5. The Labute approximate surface area is 142 Å². The highest BCUT2D eigenvalue weighted by atomic mass is 16.4. The molecule has 1 aromatic carbocycles. The number of hydrogen-bond donors (Lipinski definition) is 1. The molecule has 130 valence electrons. The average Bonchev–Trinajstić information content (AvgIpc) is 2.60. The Morgan fingerprint density at radius 2 is 1.88 bits per heavy atom. The van der Waals surface area contributed by atoms with Crippen molar-refractivity contribution in [3.05, 3.63) is 46.3 Å². The van der Waals surface area contributed by atoms with E-state index >= 15 is 0 Å². The lowest BCUT2D eigenvalue weighted by atomic mass is 10.1. The first-order valence-corrected chi connectivity index (χ1v) is 8.69. The summed E-state index contributed by atoms with van der Waals surface area (Å²) in [4.78, 5) is 26.5. The minimum atomic E-state index is -0.590. The van der Waals surface area contributed by atoms with Crippen LogP contribution in [0.2, 0.25) is 0 Å². The van der Waals surface area contributed by atoms with Gasteiger partial charge >= 0.3 is 5.63 Å². The van der Waals surface area contributed by atoms with Crippen molar-refractivity contribution in [1.29, 1.82) is 0 Å². The molecule has 2 aromatic rings. The summed E-state index contributed by atoms with van der Waals surface area (Å²) in [6, 6.07) is 8.77. The van der Waals surface area contributed by atoms with Gasteiger partial charge in [-0.1, -0.05) is 38.5 Å². The molecule has 0 aliphatic carbocycles. The Morgan fingerprint density at radius 3 is 2.62 bits per heavy atom. The predicted octanol–water partition coefficient (Wildman–Crippen LogP) is 3.03. The van der Waals surface area contributed by atoms with E-state index in [4.69, 9.17) is 4.42 Å². The lowest BCUT2D eigenvalue weighted by molar-refractivity contribution is 0.0949. The van der Waals surface area contributed by atoms with E-state index in [9.17, 15) is 9.59 Å². The molecule has 0 saturated heterocycles. The fourth-order valence-corrected chi connectivity index (χ4v) is 2.69. The zero-order valence-corrected chi connectivity index (χ0v) is 14.5. The summed E-state index contributed by atoms with van der Waals surface area (Å²) in [5.41, 5.74) is -0.0278. The van der Waals surface area contributed by atoms with Gasteiger partial charge in [0.05, 0.1) is 0 Å². The number of amides is 1. The SMILES string of the molecule is CCN(CC)CCCCCNC(=O)c1cc2ccccc2oc1=O. The lowest BCUT2D eigenvalue weighted by Gasteiger charge is -2.17. The molecule has 0 atom stereocenters. The number of carbonyl (C=O) groups excluding carboxylic acids is 1. The number of fused-ring (bicyclic) bond motifs is 1. The molecule has 1 N–H and O–H groups in total. The molecular formula is C19H26N2O3. The first-order valence-electron chi connectivity index (χ1n) is 8.69. The van der Waals surface area contributed by atoms with E-state index in [0.29, 0.717) is 12.1 Å². The summed E-state index contributed by atoms with van der Waals surface area (Å²) in [5, 5.41) is 3.56. The molecule has 0 spiro atoms. The summed E-state index contributed by atoms with van der Waals surface area (Å²) in [7, 11) is 0. The topological polar surface area (TPSA) is 62.6 Å². The van der Waals surface area contributed by atoms with Crippen LogP contribution in [0.1, 0.15) is 43.5 Å². The number of nitrogens with one attached hydrogen (secondary N) is 1. The highest BCUT2D eigenvalue weighted by molar-refractivity contribution is 5.96. The van der Waals surface area contributed by atoms with Crippen LogP contribution in [0.4, 0.5) is 0 Å². The van der Waals surface area contributed by atoms with Crippen molar-refractivity contribution in [2.24, 2.45) is 0 Å². The van der Waals surface area contributed by atoms with Crippen molar-refractivity contribution < 1.29 is 9.21 Å². The fraction of sp³-hybridized carbons (Fsp3) is 0.474. The van der Waals surface area contributed by atoms with E-state index in [1.807, 2.05) is 12.1 Å². The number of rotatable bonds is 9. The van der Waals surface area contributed by atoms with Gasteiger partial charge in [0.15, 0.2) is 0 Å². The van der Waals surface area contributed by atoms with Gasteiger partial charge in [-0.05, 0) is 44.6 Å². The van der Waals surface area contributed by atoms with Crippen LogP contribution in [0.5, 0.6) is 0 Å². The number of nitrogens with zero attached hydrogens (tertiary/aromatic N) is 1. The van der Waals surface area contributed by atoms with Gasteiger partial charge in [0.1, 0.15) is 11.1 Å². The van der Waals surface area contributed by atoms with E-state index in [0.717, 1.165) is 44.3 Å². The summed E-state index contributed by atoms with van der Waals surface area (Å²) in [6.07, 6.45) is 3.09. The van der Waals surface area contributed by atoms with Crippen molar-refractivity contribution in [2.75, 3.05) is 26.2 Å². The monoisotopic (exact) mass is 330 g/mol. The van der Waals surface area contributed by atoms with Crippen LogP contribution in [0.3, 0.4) is 0 Å². The Morgan fingerprint density at radius 1 is 1.12 bits per heavy atom. The van der Waals surface area contributed by atoms with Crippen molar-refractivity contribution in [2.45, 2.75) is 33.1 Å². The third-order valence-corrected chi connectivity index (χ3v) is 4.22. The number of unbranched alkanes of at least 4 members (excludes halogenated alkanes) is 2. The van der Waals surface area contributed by atoms with Gasteiger partial charge in [-0.3, -0.25) is 4.79 Å². The van der Waals surface area contributed by atoms with Crippen molar-refractivity contribution in [1.82, 2.24) is 10.2 Å². The Kier molecular flexibility index (Phi) is 7.00. The normalized spacial score (nSPS) is 11.1. The maximum Gasteiger partial charge on any atom is 0.349 e. The second-order valence-corrected chi connectivity index (χ2v) is 5.83. The first kappa shape index (κ1) is 18.2. The molecule has 1 aromatic heterocycles. The smallest absolute Gasteiger partial charge is 0.349 e. The first-order chi connectivity index (χ1) is 11.7. The van der Waals surface area contributed by atoms with Crippen molar-refractivity contribution >= 4 is 16.9 Å². The third kappa shape index (κ3) is 4.93. The second kappa shape index (κ2) is 9.23. The van der Waals surface area contributed by atoms with E-state index in [-0.39, 0.29) is 11.5 Å². The highest BCUT2D eigenvalue weighted by Crippen LogP contribution is 2.12. The maximum absolute atomic E-state index is 12.2. The van der Waals surface area contributed by atoms with Crippen LogP contribution in [0.15, 0.2) is 39.5 Å². The van der Waals surface area contributed by atoms with Gasteiger partial charge in [0.2, 0.25) is 0 Å². The second-order valence-electron chi connectivity index (χ2n) is 5.83. The van der Waals surface area contributed by atoms with Crippen LogP contribution in [0.25, 0.3) is 11.0 Å². The lowest BCUT2D eigenvalue weighted by Crippen LogP contribution is -2.29. The van der Waals surface area contributed by atoms with Gasteiger partial charge in [-0.25, -0.2) is 4.79 Å². The average molecular weight is 330 g/mol. The van der Waals surface area contributed by atoms with Crippen molar-refractivity contribution in [3.8, 4) is 0 Å². The van der Waals surface area contributed by atoms with Crippen molar-refractivity contribution in [3.63, 3.8) is 0 Å². The van der Waals surface area contributed by atoms with E-state index in [1.54, 1.807) is 18.2 Å². The highest BCUT2D eigenvalue weighted by Gasteiger charge is 2.12. The Hall–Kier alpha value is -2.14. The summed E-state index contributed by atoms with van der Waals surface area (Å²) in [5.74, 6) is -0.363. The number of para-hydroxylation sites is 1. The van der Waals surface area contributed by atoms with E-state index in [2.05, 4.69) is 24.1 Å².